The molecule has 0 aromatic carbocycles. The van der Waals surface area contributed by atoms with E-state index < -0.39 is 30.7 Å². The van der Waals surface area contributed by atoms with Gasteiger partial charge in [0.2, 0.25) is 0 Å². The first-order chi connectivity index (χ1) is 9.57. The van der Waals surface area contributed by atoms with E-state index in [0.717, 1.165) is 0 Å². The largest absolute Gasteiger partial charge is 0.390 e. The SMILES string of the molecule is CC1C(OCCOCCOCCN)OC(O)C(O)C1O. The third-order valence-corrected chi connectivity index (χ3v) is 3.03. The molecule has 0 aromatic heterocycles. The van der Waals surface area contributed by atoms with E-state index in [1.165, 1.54) is 0 Å². The minimum absolute atomic E-state index is 0.251. The van der Waals surface area contributed by atoms with Crippen LogP contribution in [0, 0.1) is 5.92 Å². The van der Waals surface area contributed by atoms with Crippen LogP contribution < -0.4 is 5.73 Å². The summed E-state index contributed by atoms with van der Waals surface area (Å²) in [5, 5.41) is 28.5. The Kier molecular flexibility index (Phi) is 8.50. The Balaban J connectivity index is 2.09. The lowest BCUT2D eigenvalue weighted by atomic mass is 9.96. The molecule has 1 aliphatic heterocycles. The molecule has 20 heavy (non-hydrogen) atoms. The van der Waals surface area contributed by atoms with Crippen LogP contribution in [-0.4, -0.2) is 79.7 Å². The molecule has 120 valence electrons. The average molecular weight is 295 g/mol. The van der Waals surface area contributed by atoms with Gasteiger partial charge in [-0.25, -0.2) is 0 Å². The van der Waals surface area contributed by atoms with Gasteiger partial charge in [-0.1, -0.05) is 6.92 Å². The molecule has 5 atom stereocenters. The first-order valence-corrected chi connectivity index (χ1v) is 6.74. The second-order valence-electron chi connectivity index (χ2n) is 4.62. The van der Waals surface area contributed by atoms with Gasteiger partial charge in [-0.15, -0.1) is 0 Å². The molecule has 0 aliphatic carbocycles. The molecule has 8 nitrogen and oxygen atoms in total. The molecule has 1 fully saturated rings. The summed E-state index contributed by atoms with van der Waals surface area (Å²) in [5.74, 6) is -0.443. The lowest BCUT2D eigenvalue weighted by Gasteiger charge is -2.38. The van der Waals surface area contributed by atoms with Crippen molar-refractivity contribution < 1.29 is 34.3 Å². The van der Waals surface area contributed by atoms with Crippen LogP contribution in [0.3, 0.4) is 0 Å². The third kappa shape index (κ3) is 5.58. The standard InChI is InChI=1S/C12H25NO7/c1-8-9(14)10(15)11(16)20-12(8)19-7-6-18-5-4-17-3-2-13/h8-12,14-16H,2-7,13H2,1H3. The van der Waals surface area contributed by atoms with Crippen LogP contribution in [0.1, 0.15) is 6.92 Å². The zero-order valence-corrected chi connectivity index (χ0v) is 11.7. The maximum atomic E-state index is 9.68. The normalized spacial score (nSPS) is 34.4. The van der Waals surface area contributed by atoms with Gasteiger partial charge in [0.15, 0.2) is 12.6 Å². The minimum Gasteiger partial charge on any atom is -0.390 e. The van der Waals surface area contributed by atoms with Gasteiger partial charge in [0.1, 0.15) is 6.10 Å². The predicted molar refractivity (Wildman–Crippen MR) is 68.7 cm³/mol. The van der Waals surface area contributed by atoms with Crippen LogP contribution in [-0.2, 0) is 18.9 Å². The minimum atomic E-state index is -1.45. The lowest BCUT2D eigenvalue weighted by Crippen LogP contribution is -2.54. The molecule has 0 radical (unpaired) electrons. The van der Waals surface area contributed by atoms with Gasteiger partial charge >= 0.3 is 0 Å². The van der Waals surface area contributed by atoms with Gasteiger partial charge in [-0.05, 0) is 0 Å². The van der Waals surface area contributed by atoms with Crippen molar-refractivity contribution in [3.05, 3.63) is 0 Å². The molecule has 0 spiro atoms. The second kappa shape index (κ2) is 9.59. The summed E-state index contributed by atoms with van der Waals surface area (Å²) in [6.07, 6.45) is -4.63. The highest BCUT2D eigenvalue weighted by Gasteiger charge is 2.41. The van der Waals surface area contributed by atoms with E-state index in [1.807, 2.05) is 0 Å². The highest BCUT2D eigenvalue weighted by molar-refractivity contribution is 4.82. The molecule has 0 bridgehead atoms. The van der Waals surface area contributed by atoms with Crippen LogP contribution in [0.4, 0.5) is 0 Å². The molecule has 5 N–H and O–H groups in total. The van der Waals surface area contributed by atoms with Crippen molar-refractivity contribution in [2.45, 2.75) is 31.7 Å². The van der Waals surface area contributed by atoms with E-state index in [2.05, 4.69) is 0 Å². The summed E-state index contributed by atoms with van der Waals surface area (Å²) in [7, 11) is 0. The molecule has 0 saturated carbocycles. The van der Waals surface area contributed by atoms with Crippen molar-refractivity contribution in [1.29, 1.82) is 0 Å². The Morgan fingerprint density at radius 2 is 1.55 bits per heavy atom. The van der Waals surface area contributed by atoms with Crippen molar-refractivity contribution in [3.63, 3.8) is 0 Å². The average Bonchev–Trinajstić information content (AvgIpc) is 2.44. The summed E-state index contributed by atoms with van der Waals surface area (Å²) >= 11 is 0. The molecular weight excluding hydrogens is 270 g/mol. The zero-order chi connectivity index (χ0) is 15.0. The van der Waals surface area contributed by atoms with Gasteiger partial charge in [0.05, 0.1) is 39.1 Å². The van der Waals surface area contributed by atoms with Crippen LogP contribution in [0.15, 0.2) is 0 Å². The first-order valence-electron chi connectivity index (χ1n) is 6.74. The maximum absolute atomic E-state index is 9.68. The van der Waals surface area contributed by atoms with Gasteiger partial charge in [0.25, 0.3) is 0 Å². The Labute approximate surface area is 118 Å². The number of nitrogens with two attached hydrogens (primary N) is 1. The molecule has 0 aromatic rings. The van der Waals surface area contributed by atoms with Crippen LogP contribution in [0.25, 0.3) is 0 Å². The fourth-order valence-corrected chi connectivity index (χ4v) is 1.80. The van der Waals surface area contributed by atoms with Crippen molar-refractivity contribution in [2.75, 3.05) is 39.6 Å². The zero-order valence-electron chi connectivity index (χ0n) is 11.7. The molecule has 0 amide bonds. The summed E-state index contributed by atoms with van der Waals surface area (Å²) in [6, 6.07) is 0. The topological polar surface area (TPSA) is 124 Å². The molecule has 8 heteroatoms. The number of hydrogen-bond donors (Lipinski definition) is 4. The number of aliphatic hydroxyl groups is 3. The first kappa shape index (κ1) is 17.7. The highest BCUT2D eigenvalue weighted by atomic mass is 16.7. The summed E-state index contributed by atoms with van der Waals surface area (Å²) in [6.45, 7) is 4.16. The Bertz CT molecular complexity index is 256. The van der Waals surface area contributed by atoms with Gasteiger partial charge in [-0.3, -0.25) is 0 Å². The molecular formula is C12H25NO7. The molecule has 1 heterocycles. The van der Waals surface area contributed by atoms with Crippen molar-refractivity contribution >= 4 is 0 Å². The highest BCUT2D eigenvalue weighted by Crippen LogP contribution is 2.25. The van der Waals surface area contributed by atoms with Gasteiger partial charge < -0.3 is 40.0 Å². The smallest absolute Gasteiger partial charge is 0.186 e. The molecule has 1 rings (SSSR count). The van der Waals surface area contributed by atoms with E-state index >= 15 is 0 Å². The van der Waals surface area contributed by atoms with Gasteiger partial charge in [-0.2, -0.15) is 0 Å². The summed E-state index contributed by atoms with van der Waals surface area (Å²) < 4.78 is 20.8. The van der Waals surface area contributed by atoms with E-state index in [0.29, 0.717) is 33.0 Å². The number of ether oxygens (including phenoxy) is 4. The second-order valence-corrected chi connectivity index (χ2v) is 4.62. The van der Waals surface area contributed by atoms with Gasteiger partial charge in [0, 0.05) is 12.5 Å². The maximum Gasteiger partial charge on any atom is 0.186 e. The van der Waals surface area contributed by atoms with E-state index in [9.17, 15) is 15.3 Å². The quantitative estimate of drug-likeness (QED) is 0.361. The van der Waals surface area contributed by atoms with E-state index in [1.54, 1.807) is 6.92 Å². The van der Waals surface area contributed by atoms with Crippen LogP contribution >= 0.6 is 0 Å². The van der Waals surface area contributed by atoms with Crippen molar-refractivity contribution in [3.8, 4) is 0 Å². The number of hydrogen-bond acceptors (Lipinski definition) is 8. The molecule has 1 aliphatic rings. The molecule has 5 unspecified atom stereocenters. The fraction of sp³-hybridized carbons (Fsp3) is 1.00. The number of aliphatic hydroxyl groups excluding tert-OH is 3. The Morgan fingerprint density at radius 1 is 0.950 bits per heavy atom. The number of rotatable bonds is 9. The Morgan fingerprint density at radius 3 is 2.20 bits per heavy atom. The van der Waals surface area contributed by atoms with Crippen LogP contribution in [0.5, 0.6) is 0 Å². The monoisotopic (exact) mass is 295 g/mol. The van der Waals surface area contributed by atoms with Crippen molar-refractivity contribution in [1.82, 2.24) is 0 Å². The molecule has 1 saturated heterocycles. The van der Waals surface area contributed by atoms with Crippen LogP contribution in [0.2, 0.25) is 0 Å². The fourth-order valence-electron chi connectivity index (χ4n) is 1.80. The summed E-state index contributed by atoms with van der Waals surface area (Å²) in [5.41, 5.74) is 5.26. The third-order valence-electron chi connectivity index (χ3n) is 3.03. The van der Waals surface area contributed by atoms with E-state index in [4.69, 9.17) is 24.7 Å². The van der Waals surface area contributed by atoms with E-state index in [-0.39, 0.29) is 6.61 Å². The Hall–Kier alpha value is -0.320. The van der Waals surface area contributed by atoms with Crippen molar-refractivity contribution in [2.24, 2.45) is 11.7 Å². The predicted octanol–water partition coefficient (Wildman–Crippen LogP) is -1.97. The summed E-state index contributed by atoms with van der Waals surface area (Å²) in [4.78, 5) is 0. The lowest BCUT2D eigenvalue weighted by molar-refractivity contribution is -0.327.